The first-order valence-corrected chi connectivity index (χ1v) is 4.99. The van der Waals surface area contributed by atoms with Crippen molar-refractivity contribution in [2.45, 2.75) is 33.1 Å². The van der Waals surface area contributed by atoms with Crippen molar-refractivity contribution in [3.8, 4) is 0 Å². The van der Waals surface area contributed by atoms with E-state index in [9.17, 15) is 4.39 Å². The molecule has 0 heterocycles. The van der Waals surface area contributed by atoms with Crippen LogP contribution in [-0.2, 0) is 5.41 Å². The number of anilines is 1. The van der Waals surface area contributed by atoms with E-state index in [0.29, 0.717) is 5.69 Å². The zero-order valence-corrected chi connectivity index (χ0v) is 9.32. The molecule has 0 aliphatic rings. The van der Waals surface area contributed by atoms with Crippen molar-refractivity contribution in [3.63, 3.8) is 0 Å². The summed E-state index contributed by atoms with van der Waals surface area (Å²) in [5, 5.41) is 3.01. The maximum Gasteiger partial charge on any atom is 0.146 e. The Morgan fingerprint density at radius 2 is 1.93 bits per heavy atom. The van der Waals surface area contributed by atoms with Gasteiger partial charge < -0.3 is 5.32 Å². The molecule has 1 N–H and O–H groups in total. The van der Waals surface area contributed by atoms with Crippen LogP contribution in [0.4, 0.5) is 10.1 Å². The van der Waals surface area contributed by atoms with Crippen LogP contribution < -0.4 is 5.32 Å². The molecule has 0 bridgehead atoms. The lowest BCUT2D eigenvalue weighted by molar-refractivity contribution is 0.584. The minimum absolute atomic E-state index is 0.0673. The Balaban J connectivity index is 3.06. The van der Waals surface area contributed by atoms with E-state index in [0.717, 1.165) is 12.1 Å². The maximum absolute atomic E-state index is 13.3. The Hall–Kier alpha value is -1.05. The van der Waals surface area contributed by atoms with E-state index < -0.39 is 0 Å². The van der Waals surface area contributed by atoms with E-state index in [4.69, 9.17) is 0 Å². The van der Waals surface area contributed by atoms with Gasteiger partial charge in [0.2, 0.25) is 0 Å². The number of nitrogens with one attached hydrogen (secondary N) is 1. The van der Waals surface area contributed by atoms with Crippen LogP contribution in [0.25, 0.3) is 0 Å². The fraction of sp³-hybridized carbons (Fsp3) is 0.500. The van der Waals surface area contributed by atoms with Gasteiger partial charge in [-0.2, -0.15) is 0 Å². The van der Waals surface area contributed by atoms with Gasteiger partial charge in [0, 0.05) is 6.54 Å². The fourth-order valence-corrected chi connectivity index (χ4v) is 1.32. The molecule has 0 aromatic heterocycles. The van der Waals surface area contributed by atoms with Gasteiger partial charge in [0.1, 0.15) is 5.82 Å². The normalized spacial score (nSPS) is 11.5. The summed E-state index contributed by atoms with van der Waals surface area (Å²) < 4.78 is 13.3. The molecule has 78 valence electrons. The van der Waals surface area contributed by atoms with Crippen LogP contribution in [0.2, 0.25) is 0 Å². The summed E-state index contributed by atoms with van der Waals surface area (Å²) >= 11 is 0. The standard InChI is InChI=1S/C12H18FN/c1-5-14-11-8-9(12(2,3)4)6-7-10(11)13/h6-8,14H,5H2,1-4H3. The van der Waals surface area contributed by atoms with Crippen molar-refractivity contribution in [2.24, 2.45) is 0 Å². The lowest BCUT2D eigenvalue weighted by atomic mass is 9.87. The minimum Gasteiger partial charge on any atom is -0.383 e. The predicted octanol–water partition coefficient (Wildman–Crippen LogP) is 3.56. The molecule has 14 heavy (non-hydrogen) atoms. The summed E-state index contributed by atoms with van der Waals surface area (Å²) in [6.07, 6.45) is 0. The van der Waals surface area contributed by atoms with E-state index in [1.165, 1.54) is 6.07 Å². The largest absolute Gasteiger partial charge is 0.383 e. The summed E-state index contributed by atoms with van der Waals surface area (Å²) in [6.45, 7) is 9.07. The highest BCUT2D eigenvalue weighted by Crippen LogP contribution is 2.26. The van der Waals surface area contributed by atoms with Crippen LogP contribution >= 0.6 is 0 Å². The van der Waals surface area contributed by atoms with Gasteiger partial charge in [-0.05, 0) is 30.0 Å². The average molecular weight is 195 g/mol. The van der Waals surface area contributed by atoms with Crippen LogP contribution in [-0.4, -0.2) is 6.54 Å². The van der Waals surface area contributed by atoms with Gasteiger partial charge in [0.25, 0.3) is 0 Å². The topological polar surface area (TPSA) is 12.0 Å². The molecule has 0 saturated carbocycles. The van der Waals surface area contributed by atoms with Gasteiger partial charge >= 0.3 is 0 Å². The molecule has 2 heteroatoms. The third kappa shape index (κ3) is 2.47. The highest BCUT2D eigenvalue weighted by atomic mass is 19.1. The van der Waals surface area contributed by atoms with Crippen molar-refractivity contribution < 1.29 is 4.39 Å². The molecule has 0 unspecified atom stereocenters. The van der Waals surface area contributed by atoms with Crippen LogP contribution in [0, 0.1) is 5.82 Å². The second-order valence-corrected chi connectivity index (χ2v) is 4.47. The Labute approximate surface area is 85.3 Å². The summed E-state index contributed by atoms with van der Waals surface area (Å²) in [4.78, 5) is 0. The van der Waals surface area contributed by atoms with Gasteiger partial charge in [-0.15, -0.1) is 0 Å². The highest BCUT2D eigenvalue weighted by Gasteiger charge is 2.15. The molecule has 0 amide bonds. The van der Waals surface area contributed by atoms with Crippen LogP contribution in [0.1, 0.15) is 33.3 Å². The molecule has 1 nitrogen and oxygen atoms in total. The Morgan fingerprint density at radius 1 is 1.29 bits per heavy atom. The molecule has 0 aliphatic carbocycles. The van der Waals surface area contributed by atoms with Crippen LogP contribution in [0.5, 0.6) is 0 Å². The summed E-state index contributed by atoms with van der Waals surface area (Å²) in [7, 11) is 0. The number of rotatable bonds is 2. The Kier molecular flexibility index (Phi) is 3.14. The van der Waals surface area contributed by atoms with Gasteiger partial charge in [-0.3, -0.25) is 0 Å². The van der Waals surface area contributed by atoms with E-state index in [1.807, 2.05) is 19.1 Å². The molecular formula is C12H18FN. The number of benzene rings is 1. The van der Waals surface area contributed by atoms with E-state index in [1.54, 1.807) is 0 Å². The first kappa shape index (κ1) is 11.0. The van der Waals surface area contributed by atoms with Crippen molar-refractivity contribution in [3.05, 3.63) is 29.6 Å². The maximum atomic E-state index is 13.3. The summed E-state index contributed by atoms with van der Waals surface area (Å²) in [5.41, 5.74) is 1.81. The van der Waals surface area contributed by atoms with Crippen molar-refractivity contribution >= 4 is 5.69 Å². The molecule has 0 fully saturated rings. The molecule has 1 aromatic carbocycles. The quantitative estimate of drug-likeness (QED) is 0.761. The summed E-state index contributed by atoms with van der Waals surface area (Å²) in [5.74, 6) is -0.181. The summed E-state index contributed by atoms with van der Waals surface area (Å²) in [6, 6.07) is 5.26. The molecule has 1 aromatic rings. The number of halogens is 1. The Morgan fingerprint density at radius 3 is 2.43 bits per heavy atom. The molecule has 0 aliphatic heterocycles. The molecular weight excluding hydrogens is 177 g/mol. The third-order valence-corrected chi connectivity index (χ3v) is 2.20. The van der Waals surface area contributed by atoms with Crippen molar-refractivity contribution in [1.29, 1.82) is 0 Å². The predicted molar refractivity (Wildman–Crippen MR) is 59.3 cm³/mol. The second kappa shape index (κ2) is 3.99. The first-order chi connectivity index (χ1) is 6.45. The van der Waals surface area contributed by atoms with Gasteiger partial charge in [-0.25, -0.2) is 4.39 Å². The molecule has 0 atom stereocenters. The monoisotopic (exact) mass is 195 g/mol. The van der Waals surface area contributed by atoms with Crippen LogP contribution in [0.3, 0.4) is 0 Å². The lowest BCUT2D eigenvalue weighted by Gasteiger charge is -2.20. The molecule has 0 saturated heterocycles. The van der Waals surface area contributed by atoms with Gasteiger partial charge in [0.05, 0.1) is 5.69 Å². The molecule has 0 radical (unpaired) electrons. The molecule has 1 rings (SSSR count). The van der Waals surface area contributed by atoms with Crippen molar-refractivity contribution in [2.75, 3.05) is 11.9 Å². The molecule has 0 spiro atoms. The van der Waals surface area contributed by atoms with E-state index in [2.05, 4.69) is 26.1 Å². The fourth-order valence-electron chi connectivity index (χ4n) is 1.32. The van der Waals surface area contributed by atoms with E-state index >= 15 is 0 Å². The lowest BCUT2D eigenvalue weighted by Crippen LogP contribution is -2.12. The SMILES string of the molecule is CCNc1cc(C(C)(C)C)ccc1F. The van der Waals surface area contributed by atoms with Crippen LogP contribution in [0.15, 0.2) is 18.2 Å². The zero-order valence-electron chi connectivity index (χ0n) is 9.32. The van der Waals surface area contributed by atoms with E-state index in [-0.39, 0.29) is 11.2 Å². The zero-order chi connectivity index (χ0) is 10.8. The first-order valence-electron chi connectivity index (χ1n) is 4.99. The second-order valence-electron chi connectivity index (χ2n) is 4.47. The number of hydrogen-bond donors (Lipinski definition) is 1. The van der Waals surface area contributed by atoms with Gasteiger partial charge in [0.15, 0.2) is 0 Å². The number of hydrogen-bond acceptors (Lipinski definition) is 1. The van der Waals surface area contributed by atoms with Crippen molar-refractivity contribution in [1.82, 2.24) is 0 Å². The Bertz CT molecular complexity index is 313. The third-order valence-electron chi connectivity index (χ3n) is 2.20. The van der Waals surface area contributed by atoms with Gasteiger partial charge in [-0.1, -0.05) is 26.8 Å². The average Bonchev–Trinajstić information content (AvgIpc) is 2.07. The minimum atomic E-state index is -0.181. The highest BCUT2D eigenvalue weighted by molar-refractivity contribution is 5.48. The smallest absolute Gasteiger partial charge is 0.146 e.